The fourth-order valence-electron chi connectivity index (χ4n) is 4.44. The molecule has 3 aromatic carbocycles. The summed E-state index contributed by atoms with van der Waals surface area (Å²) < 4.78 is 5.20. The first-order chi connectivity index (χ1) is 16.9. The third-order valence-electron chi connectivity index (χ3n) is 6.03. The van der Waals surface area contributed by atoms with Crippen LogP contribution < -0.4 is 26.0 Å². The zero-order chi connectivity index (χ0) is 24.9. The van der Waals surface area contributed by atoms with Crippen molar-refractivity contribution < 1.29 is 19.1 Å². The molecule has 8 heteroatoms. The summed E-state index contributed by atoms with van der Waals surface area (Å²) in [6, 6.07) is 21.1. The number of nitrogens with zero attached hydrogens (tertiary/aromatic N) is 1. The molecule has 4 amide bonds. The maximum Gasteiger partial charge on any atom is 0.319 e. The van der Waals surface area contributed by atoms with Crippen LogP contribution in [0.1, 0.15) is 29.0 Å². The molecule has 0 bridgehead atoms. The molecule has 1 heterocycles. The minimum Gasteiger partial charge on any atom is -0.497 e. The highest BCUT2D eigenvalue weighted by Gasteiger charge is 2.37. The number of amides is 4. The van der Waals surface area contributed by atoms with Gasteiger partial charge in [0, 0.05) is 23.4 Å². The molecular formula is C27H28N4O4. The van der Waals surface area contributed by atoms with Crippen LogP contribution in [0, 0.1) is 6.92 Å². The van der Waals surface area contributed by atoms with Gasteiger partial charge in [0.2, 0.25) is 11.8 Å². The number of methoxy groups -OCH3 is 1. The smallest absolute Gasteiger partial charge is 0.319 e. The van der Waals surface area contributed by atoms with E-state index in [9.17, 15) is 14.4 Å². The van der Waals surface area contributed by atoms with E-state index in [2.05, 4.69) is 10.6 Å². The lowest BCUT2D eigenvalue weighted by atomic mass is 9.85. The quantitative estimate of drug-likeness (QED) is 0.509. The molecule has 0 aliphatic carbocycles. The number of anilines is 2. The minimum absolute atomic E-state index is 0.185. The van der Waals surface area contributed by atoms with E-state index in [1.165, 1.54) is 4.90 Å². The average Bonchev–Trinajstić information content (AvgIpc) is 2.95. The molecule has 35 heavy (non-hydrogen) atoms. The van der Waals surface area contributed by atoms with Crippen LogP contribution in [0.4, 0.5) is 16.2 Å². The lowest BCUT2D eigenvalue weighted by molar-refractivity contribution is -0.123. The van der Waals surface area contributed by atoms with Gasteiger partial charge >= 0.3 is 6.03 Å². The van der Waals surface area contributed by atoms with Crippen LogP contribution in [0.3, 0.4) is 0 Å². The normalized spacial score (nSPS) is 17.2. The number of hydrogen-bond donors (Lipinski definition) is 3. The zero-order valence-electron chi connectivity index (χ0n) is 19.7. The number of carbonyl (C=O) groups excluding carboxylic acids is 3. The Morgan fingerprint density at radius 2 is 1.83 bits per heavy atom. The van der Waals surface area contributed by atoms with Crippen molar-refractivity contribution in [3.8, 4) is 5.75 Å². The Balaban J connectivity index is 1.70. The minimum atomic E-state index is -0.891. The molecular weight excluding hydrogens is 444 g/mol. The predicted molar refractivity (Wildman–Crippen MR) is 135 cm³/mol. The molecule has 0 saturated carbocycles. The Hall–Kier alpha value is -4.33. The zero-order valence-corrected chi connectivity index (χ0v) is 19.7. The predicted octanol–water partition coefficient (Wildman–Crippen LogP) is 3.55. The molecule has 1 aliphatic heterocycles. The molecule has 4 N–H and O–H groups in total. The van der Waals surface area contributed by atoms with Gasteiger partial charge in [-0.2, -0.15) is 0 Å². The Morgan fingerprint density at radius 1 is 1.06 bits per heavy atom. The number of ether oxygens (including phenoxy) is 1. The fourth-order valence-corrected chi connectivity index (χ4v) is 4.44. The van der Waals surface area contributed by atoms with Gasteiger partial charge in [0.25, 0.3) is 0 Å². The topological polar surface area (TPSA) is 114 Å². The van der Waals surface area contributed by atoms with E-state index in [0.717, 1.165) is 16.7 Å². The molecule has 3 aromatic rings. The van der Waals surface area contributed by atoms with E-state index in [4.69, 9.17) is 10.5 Å². The lowest BCUT2D eigenvalue weighted by Gasteiger charge is -2.25. The number of primary amides is 1. The van der Waals surface area contributed by atoms with Crippen molar-refractivity contribution in [2.45, 2.75) is 25.3 Å². The first-order valence-corrected chi connectivity index (χ1v) is 11.3. The third kappa shape index (κ3) is 5.43. The van der Waals surface area contributed by atoms with Gasteiger partial charge in [-0.05, 0) is 42.7 Å². The Labute approximate surface area is 204 Å². The highest BCUT2D eigenvalue weighted by atomic mass is 16.5. The van der Waals surface area contributed by atoms with Gasteiger partial charge in [0.05, 0.1) is 7.11 Å². The van der Waals surface area contributed by atoms with Gasteiger partial charge in [0.15, 0.2) is 0 Å². The van der Waals surface area contributed by atoms with E-state index < -0.39 is 23.9 Å². The van der Waals surface area contributed by atoms with Crippen LogP contribution in [0.2, 0.25) is 0 Å². The number of benzene rings is 3. The van der Waals surface area contributed by atoms with Gasteiger partial charge < -0.3 is 26.0 Å². The molecule has 8 nitrogen and oxygen atoms in total. The van der Waals surface area contributed by atoms with Crippen molar-refractivity contribution in [2.24, 2.45) is 5.73 Å². The summed E-state index contributed by atoms with van der Waals surface area (Å²) in [5.41, 5.74) is 9.58. The summed E-state index contributed by atoms with van der Waals surface area (Å²) in [4.78, 5) is 39.8. The summed E-state index contributed by atoms with van der Waals surface area (Å²) in [5.74, 6) is -0.623. The average molecular weight is 473 g/mol. The van der Waals surface area contributed by atoms with E-state index in [1.54, 1.807) is 31.4 Å². The molecule has 0 radical (unpaired) electrons. The van der Waals surface area contributed by atoms with Crippen molar-refractivity contribution in [3.05, 3.63) is 89.5 Å². The maximum atomic E-state index is 13.6. The standard InChI is InChI=1S/C27H28N4O4/c1-17-11-12-24-22(13-17)21(18-7-4-3-5-8-18)15-23(26(33)31(24)16-25(28)32)30-27(34)29-19-9-6-10-20(14-19)35-2/h3-14,21,23H,15-16H2,1-2H3,(H2,28,32)(H2,29,30,34). The second-order valence-corrected chi connectivity index (χ2v) is 8.53. The van der Waals surface area contributed by atoms with E-state index in [1.807, 2.05) is 55.5 Å². The van der Waals surface area contributed by atoms with Gasteiger partial charge in [-0.25, -0.2) is 4.79 Å². The first kappa shape index (κ1) is 23.8. The number of aryl methyl sites for hydroxylation is 1. The number of rotatable bonds is 6. The van der Waals surface area contributed by atoms with Crippen molar-refractivity contribution in [2.75, 3.05) is 23.9 Å². The number of nitrogens with two attached hydrogens (primary N) is 1. The molecule has 4 rings (SSSR count). The van der Waals surface area contributed by atoms with Crippen molar-refractivity contribution in [1.82, 2.24) is 5.32 Å². The van der Waals surface area contributed by atoms with E-state index in [0.29, 0.717) is 23.5 Å². The van der Waals surface area contributed by atoms with Crippen molar-refractivity contribution in [1.29, 1.82) is 0 Å². The lowest BCUT2D eigenvalue weighted by Crippen LogP contribution is -2.51. The summed E-state index contributed by atoms with van der Waals surface area (Å²) in [6.07, 6.45) is 0.320. The van der Waals surface area contributed by atoms with E-state index in [-0.39, 0.29) is 12.5 Å². The highest BCUT2D eigenvalue weighted by Crippen LogP contribution is 2.39. The number of fused-ring (bicyclic) bond motifs is 1. The molecule has 2 unspecified atom stereocenters. The number of nitrogens with one attached hydrogen (secondary N) is 2. The molecule has 1 aliphatic rings. The number of urea groups is 1. The number of hydrogen-bond acceptors (Lipinski definition) is 4. The second kappa shape index (κ2) is 10.3. The summed E-state index contributed by atoms with van der Waals surface area (Å²) in [6.45, 7) is 1.69. The van der Waals surface area contributed by atoms with Gasteiger partial charge in [-0.3, -0.25) is 9.59 Å². The monoisotopic (exact) mass is 472 g/mol. The highest BCUT2D eigenvalue weighted by molar-refractivity contribution is 6.05. The molecule has 180 valence electrons. The fraction of sp³-hybridized carbons (Fsp3) is 0.222. The summed E-state index contributed by atoms with van der Waals surface area (Å²) in [5, 5.41) is 5.57. The van der Waals surface area contributed by atoms with Crippen molar-refractivity contribution in [3.63, 3.8) is 0 Å². The third-order valence-corrected chi connectivity index (χ3v) is 6.03. The molecule has 2 atom stereocenters. The summed E-state index contributed by atoms with van der Waals surface area (Å²) in [7, 11) is 1.54. The largest absolute Gasteiger partial charge is 0.497 e. The second-order valence-electron chi connectivity index (χ2n) is 8.53. The van der Waals surface area contributed by atoms with E-state index >= 15 is 0 Å². The Morgan fingerprint density at radius 3 is 2.54 bits per heavy atom. The maximum absolute atomic E-state index is 13.6. The molecule has 0 spiro atoms. The van der Waals surface area contributed by atoms with Crippen LogP contribution in [-0.4, -0.2) is 37.5 Å². The Bertz CT molecular complexity index is 1240. The molecule has 0 fully saturated rings. The molecule has 0 saturated heterocycles. The van der Waals surface area contributed by atoms with Crippen LogP contribution >= 0.6 is 0 Å². The number of carbonyl (C=O) groups is 3. The van der Waals surface area contributed by atoms with Gasteiger partial charge in [0.1, 0.15) is 18.3 Å². The van der Waals surface area contributed by atoms with Crippen LogP contribution in [-0.2, 0) is 9.59 Å². The summed E-state index contributed by atoms with van der Waals surface area (Å²) >= 11 is 0. The van der Waals surface area contributed by atoms with Gasteiger partial charge in [-0.1, -0.05) is 54.1 Å². The van der Waals surface area contributed by atoms with Crippen LogP contribution in [0.25, 0.3) is 0 Å². The first-order valence-electron chi connectivity index (χ1n) is 11.3. The molecule has 0 aromatic heterocycles. The Kier molecular flexibility index (Phi) is 7.01. The van der Waals surface area contributed by atoms with Crippen molar-refractivity contribution >= 4 is 29.2 Å². The SMILES string of the molecule is COc1cccc(NC(=O)NC2CC(c3ccccc3)c3cc(C)ccc3N(CC(N)=O)C2=O)c1. The van der Waals surface area contributed by atoms with Crippen LogP contribution in [0.5, 0.6) is 5.75 Å². The van der Waals surface area contributed by atoms with Gasteiger partial charge in [-0.15, -0.1) is 0 Å². The van der Waals surface area contributed by atoms with Crippen LogP contribution in [0.15, 0.2) is 72.8 Å².